The Balaban J connectivity index is 1.87. The van der Waals surface area contributed by atoms with Crippen molar-refractivity contribution in [2.45, 2.75) is 13.0 Å². The predicted molar refractivity (Wildman–Crippen MR) is 94.4 cm³/mol. The van der Waals surface area contributed by atoms with Gasteiger partial charge < -0.3 is 20.1 Å². The second-order valence-electron chi connectivity index (χ2n) is 5.60. The Labute approximate surface area is 142 Å². The average molecular weight is 331 g/mol. The Morgan fingerprint density at radius 2 is 2.25 bits per heavy atom. The summed E-state index contributed by atoms with van der Waals surface area (Å²) in [5, 5.41) is 17.5. The molecule has 0 unspecified atom stereocenters. The molecule has 0 radical (unpaired) electrons. The number of benzene rings is 1. The number of ether oxygens (including phenoxy) is 1. The quantitative estimate of drug-likeness (QED) is 0.618. The first kappa shape index (κ1) is 17.7. The zero-order valence-corrected chi connectivity index (χ0v) is 14.7. The van der Waals surface area contributed by atoms with Gasteiger partial charge in [-0.25, -0.2) is 0 Å². The van der Waals surface area contributed by atoms with E-state index < -0.39 is 0 Å². The van der Waals surface area contributed by atoms with Crippen LogP contribution in [0.5, 0.6) is 11.5 Å². The lowest BCUT2D eigenvalue weighted by Crippen LogP contribution is -2.39. The normalized spacial score (nSPS) is 11.4. The van der Waals surface area contributed by atoms with Crippen molar-refractivity contribution in [3.8, 4) is 11.5 Å². The number of aromatic nitrogens is 2. The third-order valence-corrected chi connectivity index (χ3v) is 3.72. The molecule has 0 aliphatic heterocycles. The maximum absolute atomic E-state index is 9.99. The average Bonchev–Trinajstić information content (AvgIpc) is 2.97. The van der Waals surface area contributed by atoms with Crippen LogP contribution < -0.4 is 10.1 Å². The first-order valence-electron chi connectivity index (χ1n) is 7.78. The lowest BCUT2D eigenvalue weighted by molar-refractivity contribution is 0.406. The molecule has 2 aromatic rings. The second kappa shape index (κ2) is 8.24. The van der Waals surface area contributed by atoms with Gasteiger partial charge in [0.25, 0.3) is 0 Å². The Bertz CT molecular complexity index is 696. The molecular formula is C17H25N5O2. The van der Waals surface area contributed by atoms with Crippen LogP contribution in [0.4, 0.5) is 0 Å². The highest BCUT2D eigenvalue weighted by Crippen LogP contribution is 2.23. The van der Waals surface area contributed by atoms with Crippen LogP contribution in [0.3, 0.4) is 0 Å². The molecule has 2 N–H and O–H groups in total. The Morgan fingerprint density at radius 1 is 1.46 bits per heavy atom. The molecular weight excluding hydrogens is 306 g/mol. The molecule has 1 heterocycles. The first-order chi connectivity index (χ1) is 11.5. The molecule has 0 amide bonds. The van der Waals surface area contributed by atoms with Gasteiger partial charge in [-0.1, -0.05) is 6.07 Å². The van der Waals surface area contributed by atoms with E-state index in [-0.39, 0.29) is 5.75 Å². The van der Waals surface area contributed by atoms with Crippen LogP contribution >= 0.6 is 0 Å². The van der Waals surface area contributed by atoms with Crippen LogP contribution in [0.2, 0.25) is 0 Å². The fourth-order valence-electron chi connectivity index (χ4n) is 2.48. The number of phenols is 1. The Hall–Kier alpha value is -2.70. The van der Waals surface area contributed by atoms with E-state index in [0.717, 1.165) is 23.6 Å². The van der Waals surface area contributed by atoms with Gasteiger partial charge in [0.05, 0.1) is 13.3 Å². The summed E-state index contributed by atoms with van der Waals surface area (Å²) in [6, 6.07) is 5.34. The van der Waals surface area contributed by atoms with E-state index >= 15 is 0 Å². The first-order valence-corrected chi connectivity index (χ1v) is 7.78. The lowest BCUT2D eigenvalue weighted by atomic mass is 10.1. The molecule has 7 nitrogen and oxygen atoms in total. The summed E-state index contributed by atoms with van der Waals surface area (Å²) in [6.45, 7) is 1.39. The number of methoxy groups -OCH3 is 1. The van der Waals surface area contributed by atoms with Gasteiger partial charge in [-0.3, -0.25) is 9.67 Å². The van der Waals surface area contributed by atoms with Crippen LogP contribution in [-0.4, -0.2) is 53.5 Å². The van der Waals surface area contributed by atoms with Gasteiger partial charge in [0.2, 0.25) is 0 Å². The molecule has 0 fully saturated rings. The maximum atomic E-state index is 9.99. The number of phenolic OH excluding ortho intramolecular Hbond substituents is 1. The van der Waals surface area contributed by atoms with Crippen LogP contribution in [-0.2, 0) is 20.0 Å². The number of aryl methyl sites for hydroxylation is 1. The lowest BCUT2D eigenvalue weighted by Gasteiger charge is -2.21. The molecule has 0 aliphatic carbocycles. The predicted octanol–water partition coefficient (Wildman–Crippen LogP) is 1.38. The van der Waals surface area contributed by atoms with E-state index in [1.807, 2.05) is 43.5 Å². The van der Waals surface area contributed by atoms with E-state index in [2.05, 4.69) is 15.4 Å². The van der Waals surface area contributed by atoms with Crippen LogP contribution in [0.25, 0.3) is 0 Å². The molecule has 0 spiro atoms. The van der Waals surface area contributed by atoms with E-state index in [1.54, 1.807) is 24.9 Å². The second-order valence-corrected chi connectivity index (χ2v) is 5.60. The molecule has 0 aliphatic rings. The van der Waals surface area contributed by atoms with Crippen molar-refractivity contribution in [3.63, 3.8) is 0 Å². The standard InChI is InChI=1S/C17H25N5O2/c1-18-17(21(2)11-13-10-20-22(3)12-13)19-8-7-14-5-6-15(24-4)9-16(14)23/h5-6,9-10,12,23H,7-8,11H2,1-4H3,(H,18,19). The van der Waals surface area contributed by atoms with Gasteiger partial charge in [0, 0.05) is 52.1 Å². The fraction of sp³-hybridized carbons (Fsp3) is 0.412. The van der Waals surface area contributed by atoms with Crippen molar-refractivity contribution in [3.05, 3.63) is 41.7 Å². The monoisotopic (exact) mass is 331 g/mol. The molecule has 24 heavy (non-hydrogen) atoms. The smallest absolute Gasteiger partial charge is 0.193 e. The molecule has 0 saturated carbocycles. The molecule has 1 aromatic heterocycles. The van der Waals surface area contributed by atoms with Crippen LogP contribution in [0.1, 0.15) is 11.1 Å². The number of guanidine groups is 1. The molecule has 2 rings (SSSR count). The summed E-state index contributed by atoms with van der Waals surface area (Å²) < 4.78 is 6.88. The van der Waals surface area contributed by atoms with Crippen molar-refractivity contribution in [2.75, 3.05) is 27.7 Å². The molecule has 1 aromatic carbocycles. The van der Waals surface area contributed by atoms with Gasteiger partial charge in [-0.2, -0.15) is 5.10 Å². The number of nitrogens with zero attached hydrogens (tertiary/aromatic N) is 4. The molecule has 0 saturated heterocycles. The Kier molecular flexibility index (Phi) is 6.06. The molecule has 130 valence electrons. The largest absolute Gasteiger partial charge is 0.508 e. The summed E-state index contributed by atoms with van der Waals surface area (Å²) in [4.78, 5) is 6.33. The summed E-state index contributed by atoms with van der Waals surface area (Å²) in [5.41, 5.74) is 1.99. The van der Waals surface area contributed by atoms with Crippen LogP contribution in [0.15, 0.2) is 35.6 Å². The fourth-order valence-corrected chi connectivity index (χ4v) is 2.48. The highest BCUT2D eigenvalue weighted by Gasteiger charge is 2.08. The minimum Gasteiger partial charge on any atom is -0.508 e. The zero-order valence-electron chi connectivity index (χ0n) is 14.7. The van der Waals surface area contributed by atoms with Gasteiger partial charge in [-0.15, -0.1) is 0 Å². The number of aromatic hydroxyl groups is 1. The van der Waals surface area contributed by atoms with Gasteiger partial charge in [-0.05, 0) is 18.1 Å². The Morgan fingerprint density at radius 3 is 2.83 bits per heavy atom. The summed E-state index contributed by atoms with van der Waals surface area (Å²) in [6.07, 6.45) is 4.52. The third kappa shape index (κ3) is 4.65. The summed E-state index contributed by atoms with van der Waals surface area (Å²) in [5.74, 6) is 1.69. The summed E-state index contributed by atoms with van der Waals surface area (Å²) in [7, 11) is 7.22. The number of rotatable bonds is 6. The van der Waals surface area contributed by atoms with Gasteiger partial charge in [0.1, 0.15) is 11.5 Å². The highest BCUT2D eigenvalue weighted by molar-refractivity contribution is 5.79. The topological polar surface area (TPSA) is 74.9 Å². The van der Waals surface area contributed by atoms with E-state index in [9.17, 15) is 5.11 Å². The van der Waals surface area contributed by atoms with Crippen LogP contribution in [0, 0.1) is 0 Å². The van der Waals surface area contributed by atoms with Crippen molar-refractivity contribution in [1.82, 2.24) is 20.0 Å². The minimum absolute atomic E-state index is 0.245. The molecule has 7 heteroatoms. The minimum atomic E-state index is 0.245. The van der Waals surface area contributed by atoms with Gasteiger partial charge >= 0.3 is 0 Å². The molecule has 0 atom stereocenters. The highest BCUT2D eigenvalue weighted by atomic mass is 16.5. The maximum Gasteiger partial charge on any atom is 0.193 e. The van der Waals surface area contributed by atoms with Gasteiger partial charge in [0.15, 0.2) is 5.96 Å². The summed E-state index contributed by atoms with van der Waals surface area (Å²) >= 11 is 0. The zero-order chi connectivity index (χ0) is 17.5. The SMILES string of the molecule is CN=C(NCCc1ccc(OC)cc1O)N(C)Cc1cnn(C)c1. The number of hydrogen-bond donors (Lipinski definition) is 2. The number of nitrogens with one attached hydrogen (secondary N) is 1. The number of aliphatic imine (C=N–C) groups is 1. The van der Waals surface area contributed by atoms with E-state index in [1.165, 1.54) is 0 Å². The third-order valence-electron chi connectivity index (χ3n) is 3.72. The van der Waals surface area contributed by atoms with Crippen molar-refractivity contribution >= 4 is 5.96 Å². The molecule has 0 bridgehead atoms. The van der Waals surface area contributed by atoms with E-state index in [0.29, 0.717) is 18.7 Å². The van der Waals surface area contributed by atoms with Crippen molar-refractivity contribution < 1.29 is 9.84 Å². The number of hydrogen-bond acceptors (Lipinski definition) is 4. The van der Waals surface area contributed by atoms with Crippen molar-refractivity contribution in [2.24, 2.45) is 12.0 Å². The van der Waals surface area contributed by atoms with Crippen molar-refractivity contribution in [1.29, 1.82) is 0 Å². The van der Waals surface area contributed by atoms with E-state index in [4.69, 9.17) is 4.74 Å².